The first-order valence-electron chi connectivity index (χ1n) is 6.16. The summed E-state index contributed by atoms with van der Waals surface area (Å²) >= 11 is 0. The Balaban J connectivity index is 2.17. The zero-order valence-corrected chi connectivity index (χ0v) is 10.3. The van der Waals surface area contributed by atoms with Gasteiger partial charge in [-0.25, -0.2) is 4.98 Å². The fraction of sp³-hybridized carbons (Fsp3) is 0.286. The normalized spacial score (nSPS) is 13.8. The molecule has 0 atom stereocenters. The molecule has 4 nitrogen and oxygen atoms in total. The largest absolute Gasteiger partial charge is 0.356 e. The number of hydrogen-bond donors (Lipinski definition) is 1. The van der Waals surface area contributed by atoms with Crippen LogP contribution in [-0.4, -0.2) is 22.4 Å². The van der Waals surface area contributed by atoms with Crippen molar-refractivity contribution in [1.29, 1.82) is 0 Å². The van der Waals surface area contributed by atoms with Crippen molar-refractivity contribution in [3.05, 3.63) is 35.5 Å². The molecule has 1 aromatic carbocycles. The number of aldehydes is 1. The van der Waals surface area contributed by atoms with Crippen LogP contribution >= 0.6 is 0 Å². The topological polar surface area (TPSA) is 46.9 Å². The van der Waals surface area contributed by atoms with Crippen LogP contribution in [0.1, 0.15) is 22.5 Å². The number of imidazole rings is 1. The Morgan fingerprint density at radius 1 is 1.44 bits per heavy atom. The average Bonchev–Trinajstić information content (AvgIpc) is 2.77. The molecule has 0 bridgehead atoms. The molecule has 2 aromatic rings. The summed E-state index contributed by atoms with van der Waals surface area (Å²) in [5.74, 6) is 0.805. The third-order valence-corrected chi connectivity index (χ3v) is 3.25. The molecular formula is C14H15N3O. The second kappa shape index (κ2) is 4.29. The summed E-state index contributed by atoms with van der Waals surface area (Å²) in [6.45, 7) is 3.82. The van der Waals surface area contributed by atoms with Crippen molar-refractivity contribution in [2.24, 2.45) is 0 Å². The highest BCUT2D eigenvalue weighted by Gasteiger charge is 2.19. The number of nitrogens with one attached hydrogen (secondary N) is 1. The van der Waals surface area contributed by atoms with Gasteiger partial charge in [0.2, 0.25) is 5.95 Å². The lowest BCUT2D eigenvalue weighted by Gasteiger charge is -2.15. The van der Waals surface area contributed by atoms with E-state index < -0.39 is 0 Å². The zero-order valence-electron chi connectivity index (χ0n) is 10.3. The second-order valence-electron chi connectivity index (χ2n) is 4.59. The Morgan fingerprint density at radius 3 is 3.11 bits per heavy atom. The van der Waals surface area contributed by atoms with Crippen LogP contribution in [0.4, 0.5) is 5.95 Å². The molecule has 3 rings (SSSR count). The number of hydrogen-bond acceptors (Lipinski definition) is 3. The molecule has 0 saturated heterocycles. The number of carbonyl (C=O) groups is 1. The number of carbonyl (C=O) groups excluding carboxylic acids is 1. The van der Waals surface area contributed by atoms with Gasteiger partial charge in [-0.1, -0.05) is 23.8 Å². The summed E-state index contributed by atoms with van der Waals surface area (Å²) in [5.41, 5.74) is 3.62. The fourth-order valence-electron chi connectivity index (χ4n) is 2.39. The summed E-state index contributed by atoms with van der Waals surface area (Å²) in [6, 6.07) is 8.08. The molecule has 2 heterocycles. The second-order valence-corrected chi connectivity index (χ2v) is 4.59. The summed E-state index contributed by atoms with van der Waals surface area (Å²) in [5, 5.41) is 3.24. The standard InChI is InChI=1S/C14H15N3O/c1-10-4-2-5-11(8-10)13-12(9-18)17-7-3-6-15-14(17)16-13/h2,4-5,8-9H,3,6-7H2,1H3,(H,15,16). The SMILES string of the molecule is Cc1cccc(-c2nc3n(c2C=O)CCCN3)c1. The molecule has 1 aliphatic rings. The van der Waals surface area contributed by atoms with Gasteiger partial charge in [-0.3, -0.25) is 4.79 Å². The van der Waals surface area contributed by atoms with Crippen molar-refractivity contribution < 1.29 is 4.79 Å². The predicted octanol–water partition coefficient (Wildman–Crippen LogP) is 2.49. The number of aryl methyl sites for hydroxylation is 1. The lowest BCUT2D eigenvalue weighted by molar-refractivity contribution is 0.111. The first-order chi connectivity index (χ1) is 8.79. The number of rotatable bonds is 2. The highest BCUT2D eigenvalue weighted by Crippen LogP contribution is 2.27. The minimum atomic E-state index is 0.669. The summed E-state index contributed by atoms with van der Waals surface area (Å²) in [6.07, 6.45) is 1.93. The van der Waals surface area contributed by atoms with Gasteiger partial charge in [0.05, 0.1) is 0 Å². The highest BCUT2D eigenvalue weighted by atomic mass is 16.1. The van der Waals surface area contributed by atoms with E-state index in [4.69, 9.17) is 0 Å². The fourth-order valence-corrected chi connectivity index (χ4v) is 2.39. The van der Waals surface area contributed by atoms with E-state index in [2.05, 4.69) is 16.4 Å². The Kier molecular flexibility index (Phi) is 2.63. The molecule has 18 heavy (non-hydrogen) atoms. The minimum absolute atomic E-state index is 0.669. The molecule has 0 unspecified atom stereocenters. The third kappa shape index (κ3) is 1.70. The molecule has 1 N–H and O–H groups in total. The van der Waals surface area contributed by atoms with Gasteiger partial charge in [-0.2, -0.15) is 0 Å². The quantitative estimate of drug-likeness (QED) is 0.822. The molecule has 0 saturated carbocycles. The van der Waals surface area contributed by atoms with E-state index in [1.54, 1.807) is 0 Å². The van der Waals surface area contributed by atoms with Crippen LogP contribution < -0.4 is 5.32 Å². The van der Waals surface area contributed by atoms with Crippen LogP contribution in [0.2, 0.25) is 0 Å². The van der Waals surface area contributed by atoms with E-state index in [0.717, 1.165) is 43.0 Å². The molecule has 0 fully saturated rings. The van der Waals surface area contributed by atoms with Crippen molar-refractivity contribution >= 4 is 12.2 Å². The van der Waals surface area contributed by atoms with Gasteiger partial charge in [0.1, 0.15) is 11.4 Å². The summed E-state index contributed by atoms with van der Waals surface area (Å²) < 4.78 is 1.97. The van der Waals surface area contributed by atoms with Gasteiger partial charge >= 0.3 is 0 Å². The van der Waals surface area contributed by atoms with E-state index in [1.165, 1.54) is 5.56 Å². The summed E-state index contributed by atoms with van der Waals surface area (Å²) in [4.78, 5) is 15.9. The number of benzene rings is 1. The van der Waals surface area contributed by atoms with Crippen molar-refractivity contribution in [2.75, 3.05) is 11.9 Å². The summed E-state index contributed by atoms with van der Waals surface area (Å²) in [7, 11) is 0. The van der Waals surface area contributed by atoms with Gasteiger partial charge in [0, 0.05) is 18.7 Å². The van der Waals surface area contributed by atoms with Gasteiger partial charge in [0.25, 0.3) is 0 Å². The molecule has 4 heteroatoms. The molecule has 0 aliphatic carbocycles. The van der Waals surface area contributed by atoms with E-state index >= 15 is 0 Å². The van der Waals surface area contributed by atoms with Crippen LogP contribution in [0, 0.1) is 6.92 Å². The highest BCUT2D eigenvalue weighted by molar-refractivity contribution is 5.85. The van der Waals surface area contributed by atoms with E-state index in [9.17, 15) is 4.79 Å². The number of fused-ring (bicyclic) bond motifs is 1. The molecular weight excluding hydrogens is 226 g/mol. The number of aromatic nitrogens is 2. The van der Waals surface area contributed by atoms with E-state index in [0.29, 0.717) is 5.69 Å². The number of nitrogens with zero attached hydrogens (tertiary/aromatic N) is 2. The maximum Gasteiger partial charge on any atom is 0.203 e. The van der Waals surface area contributed by atoms with Crippen LogP contribution in [0.3, 0.4) is 0 Å². The molecule has 0 amide bonds. The number of anilines is 1. The van der Waals surface area contributed by atoms with Crippen molar-refractivity contribution in [1.82, 2.24) is 9.55 Å². The monoisotopic (exact) mass is 241 g/mol. The van der Waals surface area contributed by atoms with Crippen LogP contribution in [0.5, 0.6) is 0 Å². The predicted molar refractivity (Wildman–Crippen MR) is 70.9 cm³/mol. The first-order valence-corrected chi connectivity index (χ1v) is 6.16. The molecule has 0 spiro atoms. The molecule has 0 radical (unpaired) electrons. The Hall–Kier alpha value is -2.10. The Labute approximate surface area is 106 Å². The lowest BCUT2D eigenvalue weighted by atomic mass is 10.1. The van der Waals surface area contributed by atoms with Crippen LogP contribution in [0.25, 0.3) is 11.3 Å². The van der Waals surface area contributed by atoms with Crippen molar-refractivity contribution in [2.45, 2.75) is 19.9 Å². The van der Waals surface area contributed by atoms with Gasteiger partial charge in [-0.15, -0.1) is 0 Å². The lowest BCUT2D eigenvalue weighted by Crippen LogP contribution is -2.18. The van der Waals surface area contributed by atoms with Gasteiger partial charge < -0.3 is 9.88 Å². The van der Waals surface area contributed by atoms with E-state index in [1.807, 2.05) is 29.7 Å². The molecule has 92 valence electrons. The maximum atomic E-state index is 11.3. The first kappa shape index (κ1) is 11.0. The van der Waals surface area contributed by atoms with Gasteiger partial charge in [0.15, 0.2) is 6.29 Å². The smallest absolute Gasteiger partial charge is 0.203 e. The maximum absolute atomic E-state index is 11.3. The van der Waals surface area contributed by atoms with Crippen LogP contribution in [0.15, 0.2) is 24.3 Å². The van der Waals surface area contributed by atoms with Crippen molar-refractivity contribution in [3.8, 4) is 11.3 Å². The Morgan fingerprint density at radius 2 is 2.33 bits per heavy atom. The van der Waals surface area contributed by atoms with Gasteiger partial charge in [-0.05, 0) is 19.4 Å². The van der Waals surface area contributed by atoms with Crippen molar-refractivity contribution in [3.63, 3.8) is 0 Å². The molecule has 1 aliphatic heterocycles. The van der Waals surface area contributed by atoms with E-state index in [-0.39, 0.29) is 0 Å². The minimum Gasteiger partial charge on any atom is -0.356 e. The third-order valence-electron chi connectivity index (χ3n) is 3.25. The molecule has 1 aromatic heterocycles. The average molecular weight is 241 g/mol. The van der Waals surface area contributed by atoms with Crippen LogP contribution in [-0.2, 0) is 6.54 Å². The zero-order chi connectivity index (χ0) is 12.5. The Bertz CT molecular complexity index is 601.